The zero-order valence-corrected chi connectivity index (χ0v) is 6.50. The summed E-state index contributed by atoms with van der Waals surface area (Å²) in [7, 11) is 0. The summed E-state index contributed by atoms with van der Waals surface area (Å²) in [4.78, 5) is 10.3. The molecule has 0 amide bonds. The van der Waals surface area contributed by atoms with Gasteiger partial charge in [0.25, 0.3) is 0 Å². The van der Waals surface area contributed by atoms with Crippen molar-refractivity contribution >= 4 is 6.29 Å². The lowest BCUT2D eigenvalue weighted by molar-refractivity contribution is -0.109. The summed E-state index contributed by atoms with van der Waals surface area (Å²) in [5, 5.41) is 2.80. The van der Waals surface area contributed by atoms with Gasteiger partial charge in [-0.25, -0.2) is 14.3 Å². The summed E-state index contributed by atoms with van der Waals surface area (Å²) in [6.45, 7) is 0. The zero-order chi connectivity index (χ0) is 9.84. The molecule has 1 unspecified atom stereocenters. The van der Waals surface area contributed by atoms with Crippen LogP contribution >= 0.6 is 0 Å². The van der Waals surface area contributed by atoms with E-state index >= 15 is 0 Å². The monoisotopic (exact) mass is 184 g/mol. The molecule has 0 aliphatic carbocycles. The number of aldehydes is 1. The van der Waals surface area contributed by atoms with Gasteiger partial charge < -0.3 is 4.79 Å². The van der Waals surface area contributed by atoms with E-state index in [2.05, 4.69) is 5.11 Å². The average molecular weight is 184 g/mol. The average Bonchev–Trinajstić information content (AvgIpc) is 2.11. The van der Waals surface area contributed by atoms with Gasteiger partial charge in [0.05, 0.1) is 5.56 Å². The second-order valence-electron chi connectivity index (χ2n) is 2.35. The molecule has 0 aliphatic heterocycles. The van der Waals surface area contributed by atoms with Crippen LogP contribution in [-0.2, 0) is 4.79 Å². The fraction of sp³-hybridized carbons (Fsp3) is 0.125. The molecule has 0 saturated heterocycles. The van der Waals surface area contributed by atoms with E-state index in [9.17, 15) is 13.6 Å². The molecule has 1 aromatic rings. The number of nitrogens with zero attached hydrogens (tertiary/aromatic N) is 1. The molecule has 13 heavy (non-hydrogen) atoms. The van der Waals surface area contributed by atoms with Crippen molar-refractivity contribution in [2.75, 3.05) is 0 Å². The number of carbonyl (C=O) groups is 1. The topological polar surface area (TPSA) is 53.3 Å². The lowest BCUT2D eigenvalue weighted by Gasteiger charge is -2.05. The van der Waals surface area contributed by atoms with Gasteiger partial charge in [0.15, 0.2) is 12.3 Å². The molecular weight excluding hydrogens is 178 g/mol. The van der Waals surface area contributed by atoms with Crippen molar-refractivity contribution < 1.29 is 13.6 Å². The molecule has 1 atom stereocenters. The van der Waals surface area contributed by atoms with Crippen molar-refractivity contribution in [3.63, 3.8) is 0 Å². The van der Waals surface area contributed by atoms with Gasteiger partial charge in [0.1, 0.15) is 11.6 Å². The third kappa shape index (κ3) is 1.74. The first kappa shape index (κ1) is 9.44. The molecule has 1 N–H and O–H groups in total. The predicted octanol–water partition coefficient (Wildman–Crippen LogP) is 2.24. The smallest absolute Gasteiger partial charge is 0.156 e. The lowest BCUT2D eigenvalue weighted by atomic mass is 10.1. The van der Waals surface area contributed by atoms with Gasteiger partial charge in [-0.2, -0.15) is 5.11 Å². The quantitative estimate of drug-likeness (QED) is 0.568. The number of benzene rings is 1. The summed E-state index contributed by atoms with van der Waals surface area (Å²) in [6, 6.07) is 1.82. The van der Waals surface area contributed by atoms with Crippen molar-refractivity contribution in [1.29, 1.82) is 5.53 Å². The molecule has 0 radical (unpaired) electrons. The van der Waals surface area contributed by atoms with Gasteiger partial charge in [-0.15, -0.1) is 0 Å². The molecule has 68 valence electrons. The Balaban J connectivity index is 3.25. The van der Waals surface area contributed by atoms with Gasteiger partial charge in [-0.3, -0.25) is 0 Å². The second-order valence-corrected chi connectivity index (χ2v) is 2.35. The minimum absolute atomic E-state index is 0.217. The third-order valence-corrected chi connectivity index (χ3v) is 1.56. The van der Waals surface area contributed by atoms with Crippen molar-refractivity contribution in [2.45, 2.75) is 6.04 Å². The first-order chi connectivity index (χ1) is 6.20. The summed E-state index contributed by atoms with van der Waals surface area (Å²) in [6.07, 6.45) is 0.217. The number of hydrogen-bond donors (Lipinski definition) is 1. The van der Waals surface area contributed by atoms with Crippen molar-refractivity contribution in [1.82, 2.24) is 0 Å². The van der Waals surface area contributed by atoms with Gasteiger partial charge >= 0.3 is 0 Å². The van der Waals surface area contributed by atoms with Crippen LogP contribution in [0, 0.1) is 17.2 Å². The number of rotatable bonds is 3. The van der Waals surface area contributed by atoms with Crippen LogP contribution in [0.3, 0.4) is 0 Å². The predicted molar refractivity (Wildman–Crippen MR) is 40.3 cm³/mol. The highest BCUT2D eigenvalue weighted by Gasteiger charge is 2.18. The highest BCUT2D eigenvalue weighted by molar-refractivity contribution is 5.61. The third-order valence-electron chi connectivity index (χ3n) is 1.56. The molecule has 5 heteroatoms. The maximum Gasteiger partial charge on any atom is 0.156 e. The van der Waals surface area contributed by atoms with Crippen LogP contribution in [0.1, 0.15) is 11.6 Å². The van der Waals surface area contributed by atoms with E-state index in [4.69, 9.17) is 5.53 Å². The molecule has 0 fully saturated rings. The fourth-order valence-electron chi connectivity index (χ4n) is 0.956. The van der Waals surface area contributed by atoms with Crippen LogP contribution in [0.25, 0.3) is 0 Å². The van der Waals surface area contributed by atoms with Crippen LogP contribution in [0.5, 0.6) is 0 Å². The van der Waals surface area contributed by atoms with E-state index < -0.39 is 23.2 Å². The Kier molecular flexibility index (Phi) is 2.79. The number of nitrogens with one attached hydrogen (secondary N) is 1. The lowest BCUT2D eigenvalue weighted by Crippen LogP contribution is -2.02. The van der Waals surface area contributed by atoms with Gasteiger partial charge in [0.2, 0.25) is 0 Å². The van der Waals surface area contributed by atoms with Crippen LogP contribution in [-0.4, -0.2) is 6.29 Å². The van der Waals surface area contributed by atoms with Crippen LogP contribution in [0.2, 0.25) is 0 Å². The summed E-state index contributed by atoms with van der Waals surface area (Å²) < 4.78 is 25.9. The van der Waals surface area contributed by atoms with E-state index in [1.54, 1.807) is 0 Å². The normalized spacial score (nSPS) is 12.2. The van der Waals surface area contributed by atoms with Gasteiger partial charge in [-0.05, 0) is 12.1 Å². The first-order valence-electron chi connectivity index (χ1n) is 3.46. The van der Waals surface area contributed by atoms with Gasteiger partial charge in [-0.1, -0.05) is 6.07 Å². The molecule has 0 aliphatic rings. The molecule has 1 aromatic carbocycles. The molecule has 0 heterocycles. The van der Waals surface area contributed by atoms with E-state index in [1.807, 2.05) is 0 Å². The Bertz CT molecular complexity index is 313. The summed E-state index contributed by atoms with van der Waals surface area (Å²) >= 11 is 0. The number of halogens is 2. The van der Waals surface area contributed by atoms with Gasteiger partial charge in [0, 0.05) is 0 Å². The molecule has 0 aromatic heterocycles. The van der Waals surface area contributed by atoms with E-state index in [-0.39, 0.29) is 6.29 Å². The standard InChI is InChI=1S/C8H6F2N2O/c9-5-2-1-3-6(10)8(5)7(4-13)12-11/h1-4,7,11H. The Morgan fingerprint density at radius 2 is 1.92 bits per heavy atom. The van der Waals surface area contributed by atoms with Crippen LogP contribution in [0.4, 0.5) is 8.78 Å². The Morgan fingerprint density at radius 3 is 2.31 bits per heavy atom. The Hall–Kier alpha value is -1.65. The SMILES string of the molecule is N=NC(C=O)c1c(F)cccc1F. The highest BCUT2D eigenvalue weighted by atomic mass is 19.1. The van der Waals surface area contributed by atoms with E-state index in [1.165, 1.54) is 6.07 Å². The second kappa shape index (κ2) is 3.84. The van der Waals surface area contributed by atoms with Crippen molar-refractivity contribution in [3.05, 3.63) is 35.4 Å². The molecule has 0 spiro atoms. The van der Waals surface area contributed by atoms with Crippen molar-refractivity contribution in [2.24, 2.45) is 5.11 Å². The maximum atomic E-state index is 12.9. The number of carbonyl (C=O) groups excluding carboxylic acids is 1. The zero-order valence-electron chi connectivity index (χ0n) is 6.50. The molecule has 0 saturated carbocycles. The largest absolute Gasteiger partial charge is 0.301 e. The Morgan fingerprint density at radius 1 is 1.38 bits per heavy atom. The fourth-order valence-corrected chi connectivity index (χ4v) is 0.956. The maximum absolute atomic E-state index is 12.9. The minimum Gasteiger partial charge on any atom is -0.301 e. The molecule has 0 bridgehead atoms. The first-order valence-corrected chi connectivity index (χ1v) is 3.46. The number of hydrogen-bond acceptors (Lipinski definition) is 3. The Labute approximate surface area is 72.9 Å². The highest BCUT2D eigenvalue weighted by Crippen LogP contribution is 2.21. The molecule has 3 nitrogen and oxygen atoms in total. The molecular formula is C8H6F2N2O. The van der Waals surface area contributed by atoms with E-state index in [0.29, 0.717) is 0 Å². The van der Waals surface area contributed by atoms with Crippen LogP contribution < -0.4 is 0 Å². The van der Waals surface area contributed by atoms with Crippen molar-refractivity contribution in [3.8, 4) is 0 Å². The summed E-state index contributed by atoms with van der Waals surface area (Å²) in [5.74, 6) is -1.74. The summed E-state index contributed by atoms with van der Waals surface area (Å²) in [5.41, 5.74) is 6.07. The minimum atomic E-state index is -1.39. The molecule has 1 rings (SSSR count). The van der Waals surface area contributed by atoms with Crippen LogP contribution in [0.15, 0.2) is 23.3 Å². The van der Waals surface area contributed by atoms with E-state index in [0.717, 1.165) is 12.1 Å².